The van der Waals surface area contributed by atoms with E-state index in [0.29, 0.717) is 11.7 Å². The number of hydrogen-bond acceptors (Lipinski definition) is 1. The van der Waals surface area contributed by atoms with E-state index in [2.05, 4.69) is 13.8 Å². The predicted molar refractivity (Wildman–Crippen MR) is 67.7 cm³/mol. The molecule has 1 nitrogen and oxygen atoms in total. The van der Waals surface area contributed by atoms with E-state index < -0.39 is 0 Å². The largest absolute Gasteiger partial charge is 0.487 e. The first-order valence-electron chi connectivity index (χ1n) is 6.49. The molecule has 0 bridgehead atoms. The highest BCUT2D eigenvalue weighted by atomic mass is 19.1. The summed E-state index contributed by atoms with van der Waals surface area (Å²) in [6.07, 6.45) is 3.43. The molecule has 2 heteroatoms. The van der Waals surface area contributed by atoms with Crippen molar-refractivity contribution in [3.63, 3.8) is 0 Å². The van der Waals surface area contributed by atoms with Crippen molar-refractivity contribution in [2.24, 2.45) is 11.8 Å². The van der Waals surface area contributed by atoms with E-state index in [-0.39, 0.29) is 11.9 Å². The molecular formula is C15H21FO. The van der Waals surface area contributed by atoms with Crippen LogP contribution in [-0.4, -0.2) is 6.10 Å². The van der Waals surface area contributed by atoms with Gasteiger partial charge in [0.05, 0.1) is 6.10 Å². The molecule has 0 amide bonds. The third-order valence-electron chi connectivity index (χ3n) is 3.93. The number of halogens is 1. The SMILES string of the molecule is Cc1ccc(F)c(OC2CCC(C)C(C)C2)c1. The lowest BCUT2D eigenvalue weighted by atomic mass is 9.80. The highest BCUT2D eigenvalue weighted by Crippen LogP contribution is 2.32. The Balaban J connectivity index is 2.03. The van der Waals surface area contributed by atoms with Gasteiger partial charge in [-0.3, -0.25) is 0 Å². The third kappa shape index (κ3) is 2.99. The Morgan fingerprint density at radius 3 is 2.65 bits per heavy atom. The minimum Gasteiger partial charge on any atom is -0.487 e. The van der Waals surface area contributed by atoms with Gasteiger partial charge in [-0.25, -0.2) is 4.39 Å². The first-order chi connectivity index (χ1) is 8.06. The summed E-state index contributed by atoms with van der Waals surface area (Å²) in [5.41, 5.74) is 1.04. The minimum absolute atomic E-state index is 0.178. The maximum absolute atomic E-state index is 13.6. The molecule has 3 unspecified atom stereocenters. The van der Waals surface area contributed by atoms with E-state index in [1.165, 1.54) is 12.5 Å². The van der Waals surface area contributed by atoms with Gasteiger partial charge < -0.3 is 4.74 Å². The molecule has 1 aliphatic rings. The van der Waals surface area contributed by atoms with Gasteiger partial charge in [-0.1, -0.05) is 19.9 Å². The predicted octanol–water partition coefficient (Wildman–Crippen LogP) is 4.34. The lowest BCUT2D eigenvalue weighted by Gasteiger charge is -2.32. The summed E-state index contributed by atoms with van der Waals surface area (Å²) in [6.45, 7) is 6.50. The number of ether oxygens (including phenoxy) is 1. The van der Waals surface area contributed by atoms with Crippen LogP contribution >= 0.6 is 0 Å². The highest BCUT2D eigenvalue weighted by molar-refractivity contribution is 5.29. The van der Waals surface area contributed by atoms with Gasteiger partial charge in [0, 0.05) is 0 Å². The number of benzene rings is 1. The van der Waals surface area contributed by atoms with Crippen LogP contribution in [0.15, 0.2) is 18.2 Å². The maximum atomic E-state index is 13.6. The Morgan fingerprint density at radius 2 is 1.94 bits per heavy atom. The van der Waals surface area contributed by atoms with Crippen molar-refractivity contribution in [1.29, 1.82) is 0 Å². The Labute approximate surface area is 103 Å². The molecule has 94 valence electrons. The van der Waals surface area contributed by atoms with Crippen LogP contribution in [-0.2, 0) is 0 Å². The zero-order chi connectivity index (χ0) is 12.4. The van der Waals surface area contributed by atoms with Gasteiger partial charge in [-0.2, -0.15) is 0 Å². The van der Waals surface area contributed by atoms with Crippen molar-refractivity contribution in [2.45, 2.75) is 46.1 Å². The van der Waals surface area contributed by atoms with E-state index in [9.17, 15) is 4.39 Å². The molecule has 0 aromatic heterocycles. The van der Waals surface area contributed by atoms with E-state index in [1.807, 2.05) is 6.92 Å². The molecule has 1 fully saturated rings. The van der Waals surface area contributed by atoms with Gasteiger partial charge in [0.1, 0.15) is 0 Å². The smallest absolute Gasteiger partial charge is 0.165 e. The van der Waals surface area contributed by atoms with Crippen LogP contribution in [0.4, 0.5) is 4.39 Å². The van der Waals surface area contributed by atoms with E-state index in [1.54, 1.807) is 12.1 Å². The minimum atomic E-state index is -0.248. The monoisotopic (exact) mass is 236 g/mol. The quantitative estimate of drug-likeness (QED) is 0.742. The molecule has 0 heterocycles. The van der Waals surface area contributed by atoms with Gasteiger partial charge >= 0.3 is 0 Å². The number of rotatable bonds is 2. The molecule has 3 atom stereocenters. The topological polar surface area (TPSA) is 9.23 Å². The summed E-state index contributed by atoms with van der Waals surface area (Å²) in [6, 6.07) is 5.05. The Hall–Kier alpha value is -1.05. The molecular weight excluding hydrogens is 215 g/mol. The van der Waals surface area contributed by atoms with Crippen LogP contribution in [0, 0.1) is 24.6 Å². The van der Waals surface area contributed by atoms with E-state index in [0.717, 1.165) is 24.3 Å². The molecule has 0 spiro atoms. The third-order valence-corrected chi connectivity index (χ3v) is 3.93. The number of hydrogen-bond donors (Lipinski definition) is 0. The first-order valence-corrected chi connectivity index (χ1v) is 6.49. The van der Waals surface area contributed by atoms with Crippen LogP contribution in [0.1, 0.15) is 38.7 Å². The zero-order valence-corrected chi connectivity index (χ0v) is 10.9. The first kappa shape index (κ1) is 12.4. The molecule has 1 aromatic rings. The van der Waals surface area contributed by atoms with E-state index in [4.69, 9.17) is 4.74 Å². The molecule has 0 aliphatic heterocycles. The summed E-state index contributed by atoms with van der Waals surface area (Å²) in [4.78, 5) is 0. The molecule has 17 heavy (non-hydrogen) atoms. The summed E-state index contributed by atoms with van der Waals surface area (Å²) in [7, 11) is 0. The van der Waals surface area contributed by atoms with Crippen LogP contribution in [0.2, 0.25) is 0 Å². The van der Waals surface area contributed by atoms with Gasteiger partial charge in [-0.05, 0) is 55.7 Å². The van der Waals surface area contributed by atoms with Crippen LogP contribution < -0.4 is 4.74 Å². The van der Waals surface area contributed by atoms with Crippen molar-refractivity contribution in [1.82, 2.24) is 0 Å². The molecule has 1 aromatic carbocycles. The summed E-state index contributed by atoms with van der Waals surface area (Å²) in [5.74, 6) is 1.59. The fraction of sp³-hybridized carbons (Fsp3) is 0.600. The fourth-order valence-corrected chi connectivity index (χ4v) is 2.49. The van der Waals surface area contributed by atoms with Gasteiger partial charge in [0.25, 0.3) is 0 Å². The van der Waals surface area contributed by atoms with Gasteiger partial charge in [0.2, 0.25) is 0 Å². The highest BCUT2D eigenvalue weighted by Gasteiger charge is 2.26. The van der Waals surface area contributed by atoms with Crippen molar-refractivity contribution in [3.05, 3.63) is 29.6 Å². The Bertz CT molecular complexity index is 389. The van der Waals surface area contributed by atoms with Crippen molar-refractivity contribution in [2.75, 3.05) is 0 Å². The standard InChI is InChI=1S/C15H21FO/c1-10-4-7-14(16)15(8-10)17-13-6-5-11(2)12(3)9-13/h4,7-8,11-13H,5-6,9H2,1-3H3. The molecule has 2 rings (SSSR count). The molecule has 1 aliphatic carbocycles. The molecule has 1 saturated carbocycles. The number of aryl methyl sites for hydroxylation is 1. The normalized spacial score (nSPS) is 29.1. The molecule has 0 N–H and O–H groups in total. The van der Waals surface area contributed by atoms with E-state index >= 15 is 0 Å². The van der Waals surface area contributed by atoms with Crippen molar-refractivity contribution in [3.8, 4) is 5.75 Å². The fourth-order valence-electron chi connectivity index (χ4n) is 2.49. The van der Waals surface area contributed by atoms with Crippen LogP contribution in [0.5, 0.6) is 5.75 Å². The zero-order valence-electron chi connectivity index (χ0n) is 10.9. The lowest BCUT2D eigenvalue weighted by molar-refractivity contribution is 0.0967. The summed E-state index contributed by atoms with van der Waals surface area (Å²) in [5, 5.41) is 0. The average molecular weight is 236 g/mol. The second-order valence-electron chi connectivity index (χ2n) is 5.44. The maximum Gasteiger partial charge on any atom is 0.165 e. The summed E-state index contributed by atoms with van der Waals surface area (Å²) >= 11 is 0. The summed E-state index contributed by atoms with van der Waals surface area (Å²) < 4.78 is 19.4. The van der Waals surface area contributed by atoms with Crippen molar-refractivity contribution < 1.29 is 9.13 Å². The Kier molecular flexibility index (Phi) is 3.70. The Morgan fingerprint density at radius 1 is 1.18 bits per heavy atom. The second kappa shape index (κ2) is 5.07. The van der Waals surface area contributed by atoms with Crippen LogP contribution in [0.25, 0.3) is 0 Å². The van der Waals surface area contributed by atoms with Crippen LogP contribution in [0.3, 0.4) is 0 Å². The van der Waals surface area contributed by atoms with Crippen molar-refractivity contribution >= 4 is 0 Å². The van der Waals surface area contributed by atoms with Gasteiger partial charge in [-0.15, -0.1) is 0 Å². The van der Waals surface area contributed by atoms with Gasteiger partial charge in [0.15, 0.2) is 11.6 Å². The average Bonchev–Trinajstić information content (AvgIpc) is 2.29. The molecule has 0 radical (unpaired) electrons. The molecule has 0 saturated heterocycles. The second-order valence-corrected chi connectivity index (χ2v) is 5.44. The lowest BCUT2D eigenvalue weighted by Crippen LogP contribution is -2.29.